The summed E-state index contributed by atoms with van der Waals surface area (Å²) in [7, 11) is 1.50. The van der Waals surface area contributed by atoms with E-state index in [2.05, 4.69) is 6.58 Å². The van der Waals surface area contributed by atoms with Gasteiger partial charge in [-0.15, -0.1) is 0 Å². The van der Waals surface area contributed by atoms with Crippen LogP contribution in [0.3, 0.4) is 0 Å². The first-order valence-electron chi connectivity index (χ1n) is 7.73. The Bertz CT molecular complexity index is 700. The zero-order chi connectivity index (χ0) is 18.6. The standard InChI is InChI=1S/C17H19F2N3O3/c1-3-15(23)20(2)11-16(24)21-6-8-22(9-7-21)17(25)13-5-4-12(18)10-14(13)19/h3-5,10H,1,6-9,11H2,2H3. The van der Waals surface area contributed by atoms with E-state index < -0.39 is 17.5 Å². The van der Waals surface area contributed by atoms with Crippen LogP contribution in [0.1, 0.15) is 10.4 Å². The van der Waals surface area contributed by atoms with Crippen LogP contribution in [-0.4, -0.2) is 72.2 Å². The van der Waals surface area contributed by atoms with Gasteiger partial charge < -0.3 is 14.7 Å². The van der Waals surface area contributed by atoms with Crippen molar-refractivity contribution in [2.45, 2.75) is 0 Å². The Labute approximate surface area is 144 Å². The summed E-state index contributed by atoms with van der Waals surface area (Å²) in [6.45, 7) is 4.32. The normalized spacial score (nSPS) is 14.2. The second-order valence-corrected chi connectivity index (χ2v) is 5.70. The van der Waals surface area contributed by atoms with Gasteiger partial charge in [0.1, 0.15) is 11.6 Å². The quantitative estimate of drug-likeness (QED) is 0.757. The summed E-state index contributed by atoms with van der Waals surface area (Å²) in [6, 6.07) is 2.81. The van der Waals surface area contributed by atoms with Crippen LogP contribution in [0.5, 0.6) is 0 Å². The number of halogens is 2. The molecule has 0 N–H and O–H groups in total. The zero-order valence-corrected chi connectivity index (χ0v) is 13.9. The summed E-state index contributed by atoms with van der Waals surface area (Å²) in [5.74, 6) is -2.79. The van der Waals surface area contributed by atoms with Gasteiger partial charge >= 0.3 is 0 Å². The molecule has 0 aromatic heterocycles. The van der Waals surface area contributed by atoms with Gasteiger partial charge in [-0.25, -0.2) is 8.78 Å². The van der Waals surface area contributed by atoms with E-state index >= 15 is 0 Å². The molecule has 1 aliphatic rings. The summed E-state index contributed by atoms with van der Waals surface area (Å²) in [6.07, 6.45) is 1.13. The number of likely N-dealkylation sites (N-methyl/N-ethyl adjacent to an activating group) is 1. The number of benzene rings is 1. The average molecular weight is 351 g/mol. The number of rotatable bonds is 4. The van der Waals surface area contributed by atoms with E-state index in [9.17, 15) is 23.2 Å². The first-order chi connectivity index (χ1) is 11.8. The number of amides is 3. The van der Waals surface area contributed by atoms with Crippen LogP contribution in [0, 0.1) is 11.6 Å². The molecule has 0 radical (unpaired) electrons. The predicted molar refractivity (Wildman–Crippen MR) is 86.7 cm³/mol. The van der Waals surface area contributed by atoms with Crippen LogP contribution in [0.25, 0.3) is 0 Å². The van der Waals surface area contributed by atoms with E-state index in [1.807, 2.05) is 0 Å². The maximum Gasteiger partial charge on any atom is 0.256 e. The van der Waals surface area contributed by atoms with Crippen molar-refractivity contribution in [1.29, 1.82) is 0 Å². The van der Waals surface area contributed by atoms with Gasteiger partial charge in [0.05, 0.1) is 12.1 Å². The van der Waals surface area contributed by atoms with Gasteiger partial charge in [-0.3, -0.25) is 14.4 Å². The van der Waals surface area contributed by atoms with Gasteiger partial charge in [-0.2, -0.15) is 0 Å². The molecular weight excluding hydrogens is 332 g/mol. The second kappa shape index (κ2) is 7.87. The van der Waals surface area contributed by atoms with Crippen LogP contribution in [-0.2, 0) is 9.59 Å². The van der Waals surface area contributed by atoms with Crippen LogP contribution in [0.4, 0.5) is 8.78 Å². The number of hydrogen-bond acceptors (Lipinski definition) is 3. The fourth-order valence-electron chi connectivity index (χ4n) is 2.53. The first-order valence-corrected chi connectivity index (χ1v) is 7.73. The van der Waals surface area contributed by atoms with Crippen molar-refractivity contribution in [2.24, 2.45) is 0 Å². The van der Waals surface area contributed by atoms with Crippen LogP contribution >= 0.6 is 0 Å². The Hall–Kier alpha value is -2.77. The van der Waals surface area contributed by atoms with E-state index in [4.69, 9.17) is 0 Å². The molecule has 1 aliphatic heterocycles. The van der Waals surface area contributed by atoms with Gasteiger partial charge in [0.15, 0.2) is 0 Å². The van der Waals surface area contributed by atoms with Crippen molar-refractivity contribution in [3.8, 4) is 0 Å². The summed E-state index contributed by atoms with van der Waals surface area (Å²) in [5.41, 5.74) is -0.197. The van der Waals surface area contributed by atoms with E-state index in [1.165, 1.54) is 21.7 Å². The lowest BCUT2D eigenvalue weighted by Crippen LogP contribution is -2.52. The SMILES string of the molecule is C=CC(=O)N(C)CC(=O)N1CCN(C(=O)c2ccc(F)cc2F)CC1. The van der Waals surface area contributed by atoms with Gasteiger partial charge in [-0.05, 0) is 18.2 Å². The smallest absolute Gasteiger partial charge is 0.256 e. The first kappa shape index (κ1) is 18.6. The highest BCUT2D eigenvalue weighted by Crippen LogP contribution is 2.14. The van der Waals surface area contributed by atoms with Gasteiger partial charge in [0.25, 0.3) is 5.91 Å². The third kappa shape index (κ3) is 4.40. The lowest BCUT2D eigenvalue weighted by molar-refractivity contribution is -0.138. The molecule has 1 fully saturated rings. The minimum Gasteiger partial charge on any atom is -0.338 e. The molecule has 8 heteroatoms. The van der Waals surface area contributed by atoms with Crippen LogP contribution in [0.2, 0.25) is 0 Å². The second-order valence-electron chi connectivity index (χ2n) is 5.70. The molecule has 1 aromatic rings. The minimum atomic E-state index is -0.909. The molecule has 0 unspecified atom stereocenters. The number of carbonyl (C=O) groups is 3. The molecule has 1 heterocycles. The molecule has 0 aliphatic carbocycles. The van der Waals surface area contributed by atoms with E-state index in [-0.39, 0.29) is 50.1 Å². The lowest BCUT2D eigenvalue weighted by Gasteiger charge is -2.35. The molecule has 6 nitrogen and oxygen atoms in total. The Kier molecular flexibility index (Phi) is 5.84. The largest absolute Gasteiger partial charge is 0.338 e. The lowest BCUT2D eigenvalue weighted by atomic mass is 10.1. The van der Waals surface area contributed by atoms with Crippen molar-refractivity contribution in [3.63, 3.8) is 0 Å². The van der Waals surface area contributed by atoms with Crippen molar-refractivity contribution >= 4 is 17.7 Å². The van der Waals surface area contributed by atoms with Gasteiger partial charge in [0.2, 0.25) is 11.8 Å². The molecule has 0 spiro atoms. The monoisotopic (exact) mass is 351 g/mol. The Balaban J connectivity index is 1.92. The average Bonchev–Trinajstić information content (AvgIpc) is 2.60. The highest BCUT2D eigenvalue weighted by atomic mass is 19.1. The summed E-state index contributed by atoms with van der Waals surface area (Å²) >= 11 is 0. The number of nitrogens with zero attached hydrogens (tertiary/aromatic N) is 3. The number of piperazine rings is 1. The van der Waals surface area contributed by atoms with E-state index in [0.717, 1.165) is 18.2 Å². The Morgan fingerprint density at radius 3 is 2.32 bits per heavy atom. The maximum absolute atomic E-state index is 13.7. The summed E-state index contributed by atoms with van der Waals surface area (Å²) < 4.78 is 26.7. The Morgan fingerprint density at radius 2 is 1.76 bits per heavy atom. The molecule has 134 valence electrons. The maximum atomic E-state index is 13.7. The fourth-order valence-corrected chi connectivity index (χ4v) is 2.53. The topological polar surface area (TPSA) is 60.9 Å². The third-order valence-electron chi connectivity index (χ3n) is 4.00. The van der Waals surface area contributed by atoms with E-state index in [0.29, 0.717) is 6.07 Å². The highest BCUT2D eigenvalue weighted by molar-refractivity contribution is 5.95. The zero-order valence-electron chi connectivity index (χ0n) is 13.9. The molecule has 1 aromatic carbocycles. The number of carbonyl (C=O) groups excluding carboxylic acids is 3. The van der Waals surface area contributed by atoms with Crippen molar-refractivity contribution < 1.29 is 23.2 Å². The summed E-state index contributed by atoms with van der Waals surface area (Å²) in [5, 5.41) is 0. The van der Waals surface area contributed by atoms with Crippen LogP contribution in [0.15, 0.2) is 30.9 Å². The number of hydrogen-bond donors (Lipinski definition) is 0. The molecule has 2 rings (SSSR count). The molecular formula is C17H19F2N3O3. The third-order valence-corrected chi connectivity index (χ3v) is 4.00. The van der Waals surface area contributed by atoms with Gasteiger partial charge in [-0.1, -0.05) is 6.58 Å². The molecule has 1 saturated heterocycles. The molecule has 3 amide bonds. The van der Waals surface area contributed by atoms with Gasteiger partial charge in [0, 0.05) is 39.3 Å². The molecule has 0 bridgehead atoms. The van der Waals surface area contributed by atoms with Crippen LogP contribution < -0.4 is 0 Å². The minimum absolute atomic E-state index is 0.0780. The van der Waals surface area contributed by atoms with Crippen molar-refractivity contribution in [1.82, 2.24) is 14.7 Å². The predicted octanol–water partition coefficient (Wildman–Crippen LogP) is 0.894. The van der Waals surface area contributed by atoms with Crippen molar-refractivity contribution in [2.75, 3.05) is 39.8 Å². The fraction of sp³-hybridized carbons (Fsp3) is 0.353. The molecule has 25 heavy (non-hydrogen) atoms. The van der Waals surface area contributed by atoms with Crippen molar-refractivity contribution in [3.05, 3.63) is 48.1 Å². The molecule has 0 atom stereocenters. The summed E-state index contributed by atoms with van der Waals surface area (Å²) in [4.78, 5) is 40.1. The van der Waals surface area contributed by atoms with E-state index in [1.54, 1.807) is 0 Å². The Morgan fingerprint density at radius 1 is 1.16 bits per heavy atom. The highest BCUT2D eigenvalue weighted by Gasteiger charge is 2.27. The molecule has 0 saturated carbocycles.